The van der Waals surface area contributed by atoms with Gasteiger partial charge >= 0.3 is 0 Å². The summed E-state index contributed by atoms with van der Waals surface area (Å²) < 4.78 is 5.38. The molecule has 0 aliphatic rings. The van der Waals surface area contributed by atoms with Crippen molar-refractivity contribution >= 4 is 29.0 Å². The lowest BCUT2D eigenvalue weighted by molar-refractivity contribution is -0.116. The maximum atomic E-state index is 12.1. The topological polar surface area (TPSA) is 63.2 Å². The number of nitrogens with zero attached hydrogens (tertiary/aromatic N) is 1. The highest BCUT2D eigenvalue weighted by atomic mass is 35.5. The fourth-order valence-electron chi connectivity index (χ4n) is 1.81. The van der Waals surface area contributed by atoms with Crippen molar-refractivity contribution in [1.29, 1.82) is 0 Å². The summed E-state index contributed by atoms with van der Waals surface area (Å²) in [5.74, 6) is 1.09. The lowest BCUT2D eigenvalue weighted by atomic mass is 10.2. The van der Waals surface area contributed by atoms with Gasteiger partial charge in [0.1, 0.15) is 17.6 Å². The molecule has 2 rings (SSSR count). The number of amides is 1. The quantitative estimate of drug-likeness (QED) is 0.854. The summed E-state index contributed by atoms with van der Waals surface area (Å²) in [4.78, 5) is 16.1. The molecule has 0 aliphatic heterocycles. The van der Waals surface area contributed by atoms with Crippen molar-refractivity contribution in [3.8, 4) is 5.75 Å². The van der Waals surface area contributed by atoms with Gasteiger partial charge in [0.2, 0.25) is 5.91 Å². The maximum Gasteiger partial charge on any atom is 0.247 e. The van der Waals surface area contributed by atoms with Crippen LogP contribution < -0.4 is 15.4 Å². The van der Waals surface area contributed by atoms with Crippen molar-refractivity contribution in [2.45, 2.75) is 19.9 Å². The van der Waals surface area contributed by atoms with Gasteiger partial charge < -0.3 is 15.4 Å². The average molecular weight is 320 g/mol. The molecule has 1 amide bonds. The van der Waals surface area contributed by atoms with Crippen molar-refractivity contribution < 1.29 is 9.53 Å². The zero-order chi connectivity index (χ0) is 15.9. The van der Waals surface area contributed by atoms with Crippen molar-refractivity contribution in [2.75, 3.05) is 17.2 Å². The molecule has 116 valence electrons. The fraction of sp³-hybridized carbons (Fsp3) is 0.250. The Kier molecular flexibility index (Phi) is 5.61. The standard InChI is InChI=1S/C16H18ClN3O2/c1-3-22-14-7-5-13(6-8-14)19-11(2)16(21)20-15-9-4-12(17)10-18-15/h4-11,19H,3H2,1-2H3,(H,18,20,21)/t11-/m0/s1. The van der Waals surface area contributed by atoms with Gasteiger partial charge in [-0.15, -0.1) is 0 Å². The lowest BCUT2D eigenvalue weighted by Gasteiger charge is -2.15. The van der Waals surface area contributed by atoms with Gasteiger partial charge in [-0.05, 0) is 50.2 Å². The highest BCUT2D eigenvalue weighted by Gasteiger charge is 2.13. The second-order valence-corrected chi connectivity index (χ2v) is 5.11. The monoisotopic (exact) mass is 319 g/mol. The van der Waals surface area contributed by atoms with E-state index in [4.69, 9.17) is 16.3 Å². The Morgan fingerprint density at radius 2 is 2.00 bits per heavy atom. The summed E-state index contributed by atoms with van der Waals surface area (Å²) >= 11 is 5.76. The molecule has 2 N–H and O–H groups in total. The van der Waals surface area contributed by atoms with E-state index < -0.39 is 6.04 Å². The van der Waals surface area contributed by atoms with Crippen molar-refractivity contribution in [3.63, 3.8) is 0 Å². The number of ether oxygens (including phenoxy) is 1. The third-order valence-corrected chi connectivity index (χ3v) is 3.14. The van der Waals surface area contributed by atoms with Crippen LogP contribution in [-0.2, 0) is 4.79 Å². The Bertz CT molecular complexity index is 614. The molecule has 0 unspecified atom stereocenters. The molecule has 0 spiro atoms. The Morgan fingerprint density at radius 3 is 2.59 bits per heavy atom. The summed E-state index contributed by atoms with van der Waals surface area (Å²) in [5, 5.41) is 6.37. The number of hydrogen-bond donors (Lipinski definition) is 2. The van der Waals surface area contributed by atoms with Gasteiger partial charge in [-0.25, -0.2) is 4.98 Å². The second kappa shape index (κ2) is 7.66. The molecule has 5 nitrogen and oxygen atoms in total. The molecule has 0 saturated heterocycles. The molecule has 1 aromatic heterocycles. The Labute approximate surface area is 134 Å². The molecule has 0 aliphatic carbocycles. The SMILES string of the molecule is CCOc1ccc(N[C@@H](C)C(=O)Nc2ccc(Cl)cn2)cc1. The van der Waals surface area contributed by atoms with Gasteiger partial charge in [-0.2, -0.15) is 0 Å². The number of anilines is 2. The van der Waals surface area contributed by atoms with Gasteiger partial charge in [0.15, 0.2) is 0 Å². The first-order valence-electron chi connectivity index (χ1n) is 7.00. The molecule has 1 heterocycles. The van der Waals surface area contributed by atoms with Crippen molar-refractivity contribution in [3.05, 3.63) is 47.6 Å². The minimum atomic E-state index is -0.407. The zero-order valence-corrected chi connectivity index (χ0v) is 13.2. The predicted octanol–water partition coefficient (Wildman–Crippen LogP) is 3.57. The number of aromatic nitrogens is 1. The number of benzene rings is 1. The third-order valence-electron chi connectivity index (χ3n) is 2.92. The van der Waals surface area contributed by atoms with Crippen LogP contribution in [0.2, 0.25) is 5.02 Å². The zero-order valence-electron chi connectivity index (χ0n) is 12.5. The largest absolute Gasteiger partial charge is 0.494 e. The van der Waals surface area contributed by atoms with Crippen LogP contribution in [-0.4, -0.2) is 23.5 Å². The van der Waals surface area contributed by atoms with Crippen LogP contribution >= 0.6 is 11.6 Å². The number of pyridine rings is 1. The summed E-state index contributed by atoms with van der Waals surface area (Å²) in [7, 11) is 0. The van der Waals surface area contributed by atoms with Crippen molar-refractivity contribution in [2.24, 2.45) is 0 Å². The normalized spacial score (nSPS) is 11.6. The van der Waals surface area contributed by atoms with E-state index in [9.17, 15) is 4.79 Å². The first kappa shape index (κ1) is 16.1. The molecule has 0 fully saturated rings. The summed E-state index contributed by atoms with van der Waals surface area (Å²) in [5.41, 5.74) is 0.843. The van der Waals surface area contributed by atoms with E-state index in [0.717, 1.165) is 11.4 Å². The van der Waals surface area contributed by atoms with Gasteiger partial charge in [-0.1, -0.05) is 11.6 Å². The van der Waals surface area contributed by atoms with E-state index in [1.54, 1.807) is 19.1 Å². The Balaban J connectivity index is 1.91. The van der Waals surface area contributed by atoms with Crippen molar-refractivity contribution in [1.82, 2.24) is 4.98 Å². The number of nitrogens with one attached hydrogen (secondary N) is 2. The van der Waals surface area contributed by atoms with Gasteiger partial charge in [0.05, 0.1) is 11.6 Å². The first-order valence-corrected chi connectivity index (χ1v) is 7.38. The number of carbonyl (C=O) groups excluding carboxylic acids is 1. The van der Waals surface area contributed by atoms with E-state index in [0.29, 0.717) is 17.4 Å². The van der Waals surface area contributed by atoms with E-state index >= 15 is 0 Å². The molecule has 0 radical (unpaired) electrons. The van der Waals surface area contributed by atoms with E-state index in [1.165, 1.54) is 6.20 Å². The Morgan fingerprint density at radius 1 is 1.27 bits per heavy atom. The summed E-state index contributed by atoms with van der Waals surface area (Å²) in [6.45, 7) is 4.34. The van der Waals surface area contributed by atoms with Crippen LogP contribution in [0.1, 0.15) is 13.8 Å². The minimum Gasteiger partial charge on any atom is -0.494 e. The molecule has 1 aromatic carbocycles. The predicted molar refractivity (Wildman–Crippen MR) is 88.6 cm³/mol. The second-order valence-electron chi connectivity index (χ2n) is 4.67. The number of halogens is 1. The average Bonchev–Trinajstić information content (AvgIpc) is 2.51. The van der Waals surface area contributed by atoms with Crippen LogP contribution in [0.3, 0.4) is 0 Å². The van der Waals surface area contributed by atoms with E-state index in [2.05, 4.69) is 15.6 Å². The van der Waals surface area contributed by atoms with Crippen LogP contribution in [0.4, 0.5) is 11.5 Å². The fourth-order valence-corrected chi connectivity index (χ4v) is 1.93. The van der Waals surface area contributed by atoms with Gasteiger partial charge in [0.25, 0.3) is 0 Å². The molecular formula is C16H18ClN3O2. The first-order chi connectivity index (χ1) is 10.6. The smallest absolute Gasteiger partial charge is 0.247 e. The summed E-state index contributed by atoms with van der Waals surface area (Å²) in [6.07, 6.45) is 1.49. The van der Waals surface area contributed by atoms with Gasteiger partial charge in [-0.3, -0.25) is 4.79 Å². The highest BCUT2D eigenvalue weighted by molar-refractivity contribution is 6.30. The number of hydrogen-bond acceptors (Lipinski definition) is 4. The Hall–Kier alpha value is -2.27. The van der Waals surface area contributed by atoms with Crippen LogP contribution in [0.5, 0.6) is 5.75 Å². The number of rotatable bonds is 6. The summed E-state index contributed by atoms with van der Waals surface area (Å²) in [6, 6.07) is 10.4. The maximum absolute atomic E-state index is 12.1. The molecule has 1 atom stereocenters. The van der Waals surface area contributed by atoms with E-state index in [1.807, 2.05) is 31.2 Å². The number of carbonyl (C=O) groups is 1. The van der Waals surface area contributed by atoms with Gasteiger partial charge in [0, 0.05) is 11.9 Å². The third kappa shape index (κ3) is 4.63. The van der Waals surface area contributed by atoms with Crippen LogP contribution in [0, 0.1) is 0 Å². The minimum absolute atomic E-state index is 0.177. The van der Waals surface area contributed by atoms with Crippen LogP contribution in [0.25, 0.3) is 0 Å². The highest BCUT2D eigenvalue weighted by Crippen LogP contribution is 2.17. The van der Waals surface area contributed by atoms with Crippen LogP contribution in [0.15, 0.2) is 42.6 Å². The molecule has 6 heteroatoms. The lowest BCUT2D eigenvalue weighted by Crippen LogP contribution is -2.32. The molecule has 0 bridgehead atoms. The molecule has 0 saturated carbocycles. The molecule has 22 heavy (non-hydrogen) atoms. The van der Waals surface area contributed by atoms with E-state index in [-0.39, 0.29) is 5.91 Å². The molecule has 2 aromatic rings. The molecular weight excluding hydrogens is 302 g/mol.